The molecule has 2 aromatic carbocycles. The Morgan fingerprint density at radius 2 is 1.80 bits per heavy atom. The summed E-state index contributed by atoms with van der Waals surface area (Å²) >= 11 is 23.5. The zero-order valence-electron chi connectivity index (χ0n) is 12.8. The van der Waals surface area contributed by atoms with Gasteiger partial charge in [0.1, 0.15) is 0 Å². The summed E-state index contributed by atoms with van der Waals surface area (Å²) in [4.78, 5) is 0. The molecule has 0 radical (unpaired) electrons. The van der Waals surface area contributed by atoms with Gasteiger partial charge in [0.05, 0.1) is 17.3 Å². The van der Waals surface area contributed by atoms with Gasteiger partial charge in [0, 0.05) is 22.3 Å². The lowest BCUT2D eigenvalue weighted by molar-refractivity contribution is 0.690. The molecule has 3 aromatic rings. The average molecular weight is 412 g/mol. The lowest BCUT2D eigenvalue weighted by Gasteiger charge is -2.10. The number of aromatic nitrogens is 2. The Bertz CT molecular complexity index is 910. The zero-order valence-corrected chi connectivity index (χ0v) is 15.9. The number of anilines is 2. The molecule has 0 saturated carbocycles. The van der Waals surface area contributed by atoms with Crippen molar-refractivity contribution in [2.24, 2.45) is 0 Å². The molecule has 0 unspecified atom stereocenters. The maximum absolute atomic E-state index is 6.17. The van der Waals surface area contributed by atoms with Gasteiger partial charge in [0.15, 0.2) is 10.9 Å². The van der Waals surface area contributed by atoms with Crippen LogP contribution in [0.4, 0.5) is 11.5 Å². The monoisotopic (exact) mass is 410 g/mol. The second-order valence-electron chi connectivity index (χ2n) is 5.19. The van der Waals surface area contributed by atoms with E-state index in [1.54, 1.807) is 22.9 Å². The summed E-state index contributed by atoms with van der Waals surface area (Å²) in [6, 6.07) is 14.6. The number of nitrogens with one attached hydrogen (secondary N) is 2. The second kappa shape index (κ2) is 8.06. The first-order valence-electron chi connectivity index (χ1n) is 7.31. The topological polar surface area (TPSA) is 41.9 Å². The molecular formula is C17H13Cl3N4S. The number of rotatable bonds is 4. The number of hydrogen-bond acceptors (Lipinski definition) is 2. The van der Waals surface area contributed by atoms with E-state index in [9.17, 15) is 0 Å². The Morgan fingerprint density at radius 3 is 2.60 bits per heavy atom. The van der Waals surface area contributed by atoms with E-state index in [4.69, 9.17) is 47.0 Å². The second-order valence-corrected chi connectivity index (χ2v) is 6.85. The number of thiocarbonyl (C=S) groups is 1. The largest absolute Gasteiger partial charge is 0.331 e. The van der Waals surface area contributed by atoms with Crippen molar-refractivity contribution in [2.75, 3.05) is 10.6 Å². The van der Waals surface area contributed by atoms with E-state index >= 15 is 0 Å². The first-order chi connectivity index (χ1) is 12.0. The van der Waals surface area contributed by atoms with E-state index in [1.165, 1.54) is 0 Å². The first kappa shape index (κ1) is 18.0. The van der Waals surface area contributed by atoms with Crippen LogP contribution in [0.15, 0.2) is 54.7 Å². The molecule has 1 heterocycles. The van der Waals surface area contributed by atoms with Crippen molar-refractivity contribution in [3.63, 3.8) is 0 Å². The van der Waals surface area contributed by atoms with Crippen molar-refractivity contribution in [3.8, 4) is 0 Å². The molecule has 4 nitrogen and oxygen atoms in total. The van der Waals surface area contributed by atoms with Crippen LogP contribution >= 0.6 is 47.0 Å². The summed E-state index contributed by atoms with van der Waals surface area (Å²) in [6.45, 7) is 0.571. The third-order valence-electron chi connectivity index (χ3n) is 3.35. The van der Waals surface area contributed by atoms with E-state index in [2.05, 4.69) is 15.7 Å². The predicted molar refractivity (Wildman–Crippen MR) is 109 cm³/mol. The molecule has 0 saturated heterocycles. The van der Waals surface area contributed by atoms with Crippen LogP contribution in [0, 0.1) is 0 Å². The Hall–Kier alpha value is -1.79. The van der Waals surface area contributed by atoms with Gasteiger partial charge in [-0.05, 0) is 42.0 Å². The van der Waals surface area contributed by atoms with Gasteiger partial charge >= 0.3 is 0 Å². The van der Waals surface area contributed by atoms with Crippen molar-refractivity contribution in [1.82, 2.24) is 9.78 Å². The van der Waals surface area contributed by atoms with Crippen LogP contribution in [0.5, 0.6) is 0 Å². The molecule has 2 N–H and O–H groups in total. The summed E-state index contributed by atoms with van der Waals surface area (Å²) in [6.07, 6.45) is 1.85. The van der Waals surface area contributed by atoms with Gasteiger partial charge in [0.25, 0.3) is 0 Å². The summed E-state index contributed by atoms with van der Waals surface area (Å²) in [5, 5.41) is 12.6. The Morgan fingerprint density at radius 1 is 1.00 bits per heavy atom. The van der Waals surface area contributed by atoms with Crippen molar-refractivity contribution in [2.45, 2.75) is 6.54 Å². The SMILES string of the molecule is S=C(Nc1ccn(Cc2ccccc2Cl)n1)Nc1cc(Cl)ccc1Cl. The van der Waals surface area contributed by atoms with E-state index in [-0.39, 0.29) is 0 Å². The van der Waals surface area contributed by atoms with Crippen LogP contribution in [-0.4, -0.2) is 14.9 Å². The normalized spacial score (nSPS) is 10.5. The summed E-state index contributed by atoms with van der Waals surface area (Å²) < 4.78 is 1.78. The molecule has 1 aromatic heterocycles. The lowest BCUT2D eigenvalue weighted by atomic mass is 10.2. The molecule has 0 aliphatic carbocycles. The minimum atomic E-state index is 0.368. The standard InChI is InChI=1S/C17H13Cl3N4S/c18-12-5-6-14(20)15(9-12)21-17(25)22-16-7-8-24(23-16)10-11-3-1-2-4-13(11)19/h1-9H,10H2,(H2,21,22,23,25). The molecule has 0 atom stereocenters. The maximum Gasteiger partial charge on any atom is 0.176 e. The zero-order chi connectivity index (χ0) is 17.8. The summed E-state index contributed by atoms with van der Waals surface area (Å²) in [7, 11) is 0. The molecule has 3 rings (SSSR count). The van der Waals surface area contributed by atoms with Crippen LogP contribution < -0.4 is 10.6 Å². The van der Waals surface area contributed by atoms with E-state index in [1.807, 2.05) is 36.5 Å². The molecule has 0 amide bonds. The molecule has 128 valence electrons. The van der Waals surface area contributed by atoms with Crippen LogP contribution in [0.1, 0.15) is 5.56 Å². The molecule has 0 fully saturated rings. The van der Waals surface area contributed by atoms with Crippen LogP contribution in [0.25, 0.3) is 0 Å². The number of halogens is 3. The van der Waals surface area contributed by atoms with E-state index in [0.717, 1.165) is 5.56 Å². The fourth-order valence-electron chi connectivity index (χ4n) is 2.18. The van der Waals surface area contributed by atoms with Gasteiger partial charge in [0.2, 0.25) is 0 Å². The molecule has 25 heavy (non-hydrogen) atoms. The smallest absolute Gasteiger partial charge is 0.176 e. The Kier molecular flexibility index (Phi) is 5.81. The van der Waals surface area contributed by atoms with Gasteiger partial charge in [-0.25, -0.2) is 0 Å². The molecule has 0 spiro atoms. The van der Waals surface area contributed by atoms with E-state index in [0.29, 0.717) is 38.2 Å². The minimum absolute atomic E-state index is 0.368. The molecule has 0 bridgehead atoms. The van der Waals surface area contributed by atoms with Crippen LogP contribution in [-0.2, 0) is 6.54 Å². The van der Waals surface area contributed by atoms with Gasteiger partial charge in [-0.15, -0.1) is 0 Å². The van der Waals surface area contributed by atoms with Gasteiger partial charge in [-0.1, -0.05) is 53.0 Å². The van der Waals surface area contributed by atoms with Gasteiger partial charge < -0.3 is 10.6 Å². The molecule has 8 heteroatoms. The lowest BCUT2D eigenvalue weighted by Crippen LogP contribution is -2.19. The maximum atomic E-state index is 6.17. The van der Waals surface area contributed by atoms with Crippen molar-refractivity contribution >= 4 is 63.6 Å². The van der Waals surface area contributed by atoms with Crippen LogP contribution in [0.3, 0.4) is 0 Å². The Labute approximate surface area is 165 Å². The fourth-order valence-corrected chi connectivity index (χ4v) is 2.93. The van der Waals surface area contributed by atoms with Gasteiger partial charge in [-0.3, -0.25) is 4.68 Å². The predicted octanol–water partition coefficient (Wildman–Crippen LogP) is 5.70. The number of hydrogen-bond donors (Lipinski definition) is 2. The highest BCUT2D eigenvalue weighted by atomic mass is 35.5. The molecular weight excluding hydrogens is 399 g/mol. The summed E-state index contributed by atoms with van der Waals surface area (Å²) in [5.74, 6) is 0.614. The summed E-state index contributed by atoms with van der Waals surface area (Å²) in [5.41, 5.74) is 1.62. The van der Waals surface area contributed by atoms with Crippen molar-refractivity contribution < 1.29 is 0 Å². The highest BCUT2D eigenvalue weighted by Gasteiger charge is 2.07. The molecule has 0 aliphatic rings. The average Bonchev–Trinajstić information content (AvgIpc) is 3.00. The first-order valence-corrected chi connectivity index (χ1v) is 8.85. The molecule has 0 aliphatic heterocycles. The van der Waals surface area contributed by atoms with Crippen molar-refractivity contribution in [1.29, 1.82) is 0 Å². The third kappa shape index (κ3) is 4.86. The number of nitrogens with zero attached hydrogens (tertiary/aromatic N) is 2. The highest BCUT2D eigenvalue weighted by molar-refractivity contribution is 7.80. The fraction of sp³-hybridized carbons (Fsp3) is 0.0588. The minimum Gasteiger partial charge on any atom is -0.331 e. The van der Waals surface area contributed by atoms with Gasteiger partial charge in [-0.2, -0.15) is 5.10 Å². The van der Waals surface area contributed by atoms with E-state index < -0.39 is 0 Å². The third-order valence-corrected chi connectivity index (χ3v) is 4.49. The van der Waals surface area contributed by atoms with Crippen LogP contribution in [0.2, 0.25) is 15.1 Å². The van der Waals surface area contributed by atoms with Crippen molar-refractivity contribution in [3.05, 3.63) is 75.4 Å². The quantitative estimate of drug-likeness (QED) is 0.540. The Balaban J connectivity index is 1.64. The highest BCUT2D eigenvalue weighted by Crippen LogP contribution is 2.25. The number of benzene rings is 2.